The topological polar surface area (TPSA) is 104 Å². The summed E-state index contributed by atoms with van der Waals surface area (Å²) in [5.41, 5.74) is 5.31. The average molecular weight is 659 g/mol. The van der Waals surface area contributed by atoms with Crippen molar-refractivity contribution in [1.82, 2.24) is 0 Å². The molecule has 0 bridgehead atoms. The molecule has 0 radical (unpaired) electrons. The molecule has 0 aliphatic heterocycles. The SMILES string of the molecule is CC(=O)OC1CC(C)(C)C(=C=C/C(C)=C/C=C/C(C)=C/C=C/C=C(C)/C=C/C=C(\C)C(=O)/C=C2\C(C)(C)CC(O)CC2(C)O)C(C)(O)C1. The highest BCUT2D eigenvalue weighted by Crippen LogP contribution is 2.47. The second-order valence-corrected chi connectivity index (χ2v) is 15.3. The van der Waals surface area contributed by atoms with E-state index in [9.17, 15) is 24.9 Å². The highest BCUT2D eigenvalue weighted by Gasteiger charge is 2.46. The van der Waals surface area contributed by atoms with Crippen molar-refractivity contribution in [2.45, 2.75) is 125 Å². The number of hydrogen-bond acceptors (Lipinski definition) is 6. The molecule has 0 heterocycles. The molecule has 262 valence electrons. The zero-order valence-corrected chi connectivity index (χ0v) is 31.0. The van der Waals surface area contributed by atoms with Crippen molar-refractivity contribution in [1.29, 1.82) is 0 Å². The third kappa shape index (κ3) is 12.5. The van der Waals surface area contributed by atoms with E-state index in [2.05, 4.69) is 5.73 Å². The summed E-state index contributed by atoms with van der Waals surface area (Å²) < 4.78 is 5.41. The van der Waals surface area contributed by atoms with Crippen LogP contribution in [-0.2, 0) is 14.3 Å². The number of ketones is 1. The normalized spacial score (nSPS) is 29.5. The van der Waals surface area contributed by atoms with E-state index >= 15 is 0 Å². The van der Waals surface area contributed by atoms with Gasteiger partial charge in [-0.15, -0.1) is 5.73 Å². The van der Waals surface area contributed by atoms with Crippen LogP contribution in [0.4, 0.5) is 0 Å². The van der Waals surface area contributed by atoms with E-state index in [-0.39, 0.29) is 29.7 Å². The molecule has 0 aromatic carbocycles. The third-order valence-electron chi connectivity index (χ3n) is 8.96. The lowest BCUT2D eigenvalue weighted by Gasteiger charge is -2.45. The van der Waals surface area contributed by atoms with Gasteiger partial charge in [-0.1, -0.05) is 99.6 Å². The Kier molecular flexibility index (Phi) is 14.2. The molecule has 6 heteroatoms. The van der Waals surface area contributed by atoms with Gasteiger partial charge in [0.05, 0.1) is 17.3 Å². The summed E-state index contributed by atoms with van der Waals surface area (Å²) in [5.74, 6) is -0.479. The molecule has 3 N–H and O–H groups in total. The van der Waals surface area contributed by atoms with Crippen LogP contribution in [0.1, 0.15) is 102 Å². The van der Waals surface area contributed by atoms with Crippen molar-refractivity contribution in [2.75, 3.05) is 0 Å². The van der Waals surface area contributed by atoms with Crippen LogP contribution in [-0.4, -0.2) is 50.5 Å². The maximum atomic E-state index is 12.9. The summed E-state index contributed by atoms with van der Waals surface area (Å²) in [4.78, 5) is 24.3. The van der Waals surface area contributed by atoms with E-state index in [0.717, 1.165) is 22.3 Å². The van der Waals surface area contributed by atoms with E-state index in [4.69, 9.17) is 4.74 Å². The predicted octanol–water partition coefficient (Wildman–Crippen LogP) is 8.45. The summed E-state index contributed by atoms with van der Waals surface area (Å²) >= 11 is 0. The lowest BCUT2D eigenvalue weighted by Crippen LogP contribution is -2.46. The number of carbonyl (C=O) groups is 2. The Labute approximate surface area is 289 Å². The summed E-state index contributed by atoms with van der Waals surface area (Å²) in [7, 11) is 0. The molecule has 0 aromatic rings. The fourth-order valence-electron chi connectivity index (χ4n) is 6.89. The molecular formula is C42H58O6. The highest BCUT2D eigenvalue weighted by molar-refractivity contribution is 6.04. The Morgan fingerprint density at radius 3 is 1.77 bits per heavy atom. The standard InChI is InChI=1S/C42H58O6/c1-29(18-14-19-31(3)22-23-37-40(8,9)27-35(48-33(5)43)28-42(37,11)47)16-12-13-17-30(2)20-15-21-32(4)36(45)24-38-39(6,7)25-34(44)26-41(38,10)46/h12-22,24,34-35,44,46-47H,25-28H2,1-11H3/b13-12+,18-14+,20-15+,29-16+,30-17+,31-19+,32-21+,38-24+. The minimum absolute atomic E-state index is 0.148. The molecule has 2 saturated carbocycles. The van der Waals surface area contributed by atoms with Gasteiger partial charge in [0.1, 0.15) is 6.10 Å². The first-order valence-electron chi connectivity index (χ1n) is 16.8. The van der Waals surface area contributed by atoms with Gasteiger partial charge >= 0.3 is 5.97 Å². The van der Waals surface area contributed by atoms with Crippen LogP contribution in [0, 0.1) is 10.8 Å². The Balaban J connectivity index is 2.01. The van der Waals surface area contributed by atoms with E-state index in [1.54, 1.807) is 32.9 Å². The zero-order valence-electron chi connectivity index (χ0n) is 31.0. The first kappa shape index (κ1) is 40.6. The number of allylic oxidation sites excluding steroid dienone is 15. The van der Waals surface area contributed by atoms with Gasteiger partial charge in [-0.05, 0) is 94.1 Å². The van der Waals surface area contributed by atoms with Crippen LogP contribution >= 0.6 is 0 Å². The average Bonchev–Trinajstić information content (AvgIpc) is 2.90. The van der Waals surface area contributed by atoms with Gasteiger partial charge in [-0.3, -0.25) is 9.59 Å². The first-order valence-corrected chi connectivity index (χ1v) is 16.8. The smallest absolute Gasteiger partial charge is 0.302 e. The maximum Gasteiger partial charge on any atom is 0.302 e. The maximum absolute atomic E-state index is 12.9. The molecule has 2 aliphatic carbocycles. The highest BCUT2D eigenvalue weighted by atomic mass is 16.5. The molecule has 2 aliphatic rings. The molecular weight excluding hydrogens is 600 g/mol. The fraction of sp³-hybridized carbons (Fsp3) is 0.500. The minimum Gasteiger partial charge on any atom is -0.462 e. The monoisotopic (exact) mass is 658 g/mol. The van der Waals surface area contributed by atoms with Crippen molar-refractivity contribution >= 4 is 11.8 Å². The Morgan fingerprint density at radius 2 is 1.25 bits per heavy atom. The molecule has 6 nitrogen and oxygen atoms in total. The lowest BCUT2D eigenvalue weighted by molar-refractivity contribution is -0.152. The molecule has 4 unspecified atom stereocenters. The fourth-order valence-corrected chi connectivity index (χ4v) is 6.89. The zero-order chi connectivity index (χ0) is 36.5. The Hall–Kier alpha value is -3.54. The van der Waals surface area contributed by atoms with Crippen LogP contribution in [0.2, 0.25) is 0 Å². The number of carbonyl (C=O) groups excluding carboxylic acids is 2. The summed E-state index contributed by atoms with van der Waals surface area (Å²) in [6.07, 6.45) is 23.7. The largest absolute Gasteiger partial charge is 0.462 e. The van der Waals surface area contributed by atoms with Gasteiger partial charge in [0.15, 0.2) is 5.78 Å². The van der Waals surface area contributed by atoms with Gasteiger partial charge in [-0.2, -0.15) is 0 Å². The first-order chi connectivity index (χ1) is 22.1. The Morgan fingerprint density at radius 1 is 0.708 bits per heavy atom. The van der Waals surface area contributed by atoms with Crippen molar-refractivity contribution in [3.05, 3.63) is 112 Å². The minimum atomic E-state index is -1.22. The van der Waals surface area contributed by atoms with Crippen molar-refractivity contribution in [3.63, 3.8) is 0 Å². The van der Waals surface area contributed by atoms with E-state index in [0.29, 0.717) is 30.4 Å². The lowest BCUT2D eigenvalue weighted by atomic mass is 9.64. The van der Waals surface area contributed by atoms with E-state index in [1.807, 2.05) is 109 Å². The molecule has 0 saturated heterocycles. The molecule has 0 amide bonds. The number of aliphatic hydroxyl groups excluding tert-OH is 1. The molecule has 0 spiro atoms. The molecule has 4 atom stereocenters. The van der Waals surface area contributed by atoms with Crippen LogP contribution in [0.3, 0.4) is 0 Å². The quantitative estimate of drug-likeness (QED) is 0.0942. The van der Waals surface area contributed by atoms with Gasteiger partial charge in [0, 0.05) is 25.3 Å². The third-order valence-corrected chi connectivity index (χ3v) is 8.96. The number of aliphatic hydroxyl groups is 3. The Bertz CT molecular complexity index is 1480. The predicted molar refractivity (Wildman–Crippen MR) is 196 cm³/mol. The number of esters is 1. The number of rotatable bonds is 10. The molecule has 2 fully saturated rings. The van der Waals surface area contributed by atoms with Crippen LogP contribution in [0.15, 0.2) is 112 Å². The summed E-state index contributed by atoms with van der Waals surface area (Å²) in [6.45, 7) is 20.6. The van der Waals surface area contributed by atoms with Crippen molar-refractivity contribution in [3.8, 4) is 0 Å². The number of ether oxygens (including phenoxy) is 1. The van der Waals surface area contributed by atoms with Crippen LogP contribution in [0.25, 0.3) is 0 Å². The second-order valence-electron chi connectivity index (χ2n) is 15.3. The molecule has 0 aromatic heterocycles. The molecule has 2 rings (SSSR count). The van der Waals surface area contributed by atoms with Crippen molar-refractivity contribution in [2.24, 2.45) is 10.8 Å². The second kappa shape index (κ2) is 16.7. The van der Waals surface area contributed by atoms with Crippen molar-refractivity contribution < 1.29 is 29.6 Å². The van der Waals surface area contributed by atoms with E-state index < -0.39 is 22.7 Å². The van der Waals surface area contributed by atoms with E-state index in [1.165, 1.54) is 6.92 Å². The van der Waals surface area contributed by atoms with Gasteiger partial charge in [0.2, 0.25) is 0 Å². The van der Waals surface area contributed by atoms with Crippen LogP contribution < -0.4 is 0 Å². The molecule has 48 heavy (non-hydrogen) atoms. The summed E-state index contributed by atoms with van der Waals surface area (Å²) in [6, 6.07) is 0. The number of hydrogen-bond donors (Lipinski definition) is 3. The summed E-state index contributed by atoms with van der Waals surface area (Å²) in [5, 5.41) is 32.1. The van der Waals surface area contributed by atoms with Gasteiger partial charge in [0.25, 0.3) is 0 Å². The van der Waals surface area contributed by atoms with Gasteiger partial charge in [-0.25, -0.2) is 0 Å². The van der Waals surface area contributed by atoms with Gasteiger partial charge < -0.3 is 20.1 Å². The van der Waals surface area contributed by atoms with Crippen LogP contribution in [0.5, 0.6) is 0 Å².